The van der Waals surface area contributed by atoms with Crippen LogP contribution in [0.5, 0.6) is 0 Å². The molecule has 0 amide bonds. The molecule has 0 N–H and O–H groups in total. The molecule has 21 heavy (non-hydrogen) atoms. The molecule has 0 radical (unpaired) electrons. The van der Waals surface area contributed by atoms with Gasteiger partial charge in [-0.15, -0.1) is 0 Å². The minimum atomic E-state index is -2.64. The topological polar surface area (TPSA) is 56.7 Å². The third-order valence-electron chi connectivity index (χ3n) is 2.91. The summed E-state index contributed by atoms with van der Waals surface area (Å²) in [6, 6.07) is 6.81. The van der Waals surface area contributed by atoms with Gasteiger partial charge in [0.1, 0.15) is 0 Å². The fourth-order valence-electron chi connectivity index (χ4n) is 1.93. The number of thioether (sulfide) groups is 1. The molecule has 2 aromatic heterocycles. The molecule has 3 rings (SSSR count). The molecule has 3 aromatic rings. The van der Waals surface area contributed by atoms with E-state index >= 15 is 0 Å². The Morgan fingerprint density at radius 3 is 2.81 bits per heavy atom. The summed E-state index contributed by atoms with van der Waals surface area (Å²) in [6.07, 6.45) is 0.670. The molecule has 0 bridgehead atoms. The van der Waals surface area contributed by atoms with E-state index in [4.69, 9.17) is 4.52 Å². The van der Waals surface area contributed by atoms with Crippen molar-refractivity contribution in [2.24, 2.45) is 0 Å². The maximum absolute atomic E-state index is 13.2. The summed E-state index contributed by atoms with van der Waals surface area (Å²) in [5.41, 5.74) is 0.954. The zero-order chi connectivity index (χ0) is 14.8. The molecular weight excluding hydrogens is 298 g/mol. The van der Waals surface area contributed by atoms with Crippen LogP contribution in [0.1, 0.15) is 25.2 Å². The summed E-state index contributed by atoms with van der Waals surface area (Å²) >= 11 is 1.15. The van der Waals surface area contributed by atoms with Gasteiger partial charge in [0.05, 0.1) is 16.8 Å². The Balaban J connectivity index is 1.87. The third kappa shape index (κ3) is 2.76. The Morgan fingerprint density at radius 1 is 1.29 bits per heavy atom. The molecule has 0 aliphatic heterocycles. The minimum absolute atomic E-state index is 0.238. The number of benzene rings is 1. The lowest BCUT2D eigenvalue weighted by molar-refractivity contribution is 0.0656. The maximum Gasteiger partial charge on any atom is 0.321 e. The summed E-state index contributed by atoms with van der Waals surface area (Å²) in [6.45, 7) is -0.730. The van der Waals surface area contributed by atoms with Gasteiger partial charge in [-0.05, 0) is 12.1 Å². The molecule has 0 spiro atoms. The number of para-hydroxylation sites is 2. The summed E-state index contributed by atoms with van der Waals surface area (Å²) in [5, 5.41) is 4.01. The highest BCUT2D eigenvalue weighted by atomic mass is 32.2. The summed E-state index contributed by atoms with van der Waals surface area (Å²) in [4.78, 5) is 8.38. The highest BCUT2D eigenvalue weighted by Gasteiger charge is 2.18. The second-order valence-electron chi connectivity index (χ2n) is 4.28. The highest BCUT2D eigenvalue weighted by Crippen LogP contribution is 2.30. The highest BCUT2D eigenvalue weighted by molar-refractivity contribution is 7.98. The lowest BCUT2D eigenvalue weighted by Crippen LogP contribution is -2.00. The van der Waals surface area contributed by atoms with E-state index < -0.39 is 6.55 Å². The SMILES string of the molecule is CCc1noc(CSc2nc3ccccc3n2C(F)F)n1. The van der Waals surface area contributed by atoms with Crippen molar-refractivity contribution in [3.8, 4) is 0 Å². The Labute approximate surface area is 123 Å². The van der Waals surface area contributed by atoms with Gasteiger partial charge in [0.15, 0.2) is 11.0 Å². The first-order valence-corrected chi connectivity index (χ1v) is 7.37. The van der Waals surface area contributed by atoms with Gasteiger partial charge in [0, 0.05) is 6.42 Å². The van der Waals surface area contributed by atoms with E-state index in [1.165, 1.54) is 0 Å². The molecule has 0 unspecified atom stereocenters. The van der Waals surface area contributed by atoms with Gasteiger partial charge in [-0.3, -0.25) is 4.57 Å². The zero-order valence-electron chi connectivity index (χ0n) is 11.2. The molecule has 0 aliphatic rings. The average Bonchev–Trinajstić information content (AvgIpc) is 3.08. The normalized spacial score (nSPS) is 11.6. The van der Waals surface area contributed by atoms with Crippen LogP contribution in [0.25, 0.3) is 11.0 Å². The van der Waals surface area contributed by atoms with Crippen LogP contribution >= 0.6 is 11.8 Å². The first-order valence-electron chi connectivity index (χ1n) is 6.38. The van der Waals surface area contributed by atoms with E-state index in [1.807, 2.05) is 6.92 Å². The predicted molar refractivity (Wildman–Crippen MR) is 74.2 cm³/mol. The van der Waals surface area contributed by atoms with E-state index in [-0.39, 0.29) is 5.16 Å². The monoisotopic (exact) mass is 310 g/mol. The molecule has 0 saturated carbocycles. The first kappa shape index (κ1) is 14.0. The van der Waals surface area contributed by atoms with Crippen LogP contribution in [0.2, 0.25) is 0 Å². The first-order chi connectivity index (χ1) is 10.2. The number of rotatable bonds is 5. The number of aromatic nitrogens is 4. The molecule has 0 atom stereocenters. The number of hydrogen-bond acceptors (Lipinski definition) is 5. The van der Waals surface area contributed by atoms with Crippen LogP contribution in [0.15, 0.2) is 33.9 Å². The molecule has 0 saturated heterocycles. The predicted octanol–water partition coefficient (Wildman–Crippen LogP) is 3.67. The molecule has 5 nitrogen and oxygen atoms in total. The van der Waals surface area contributed by atoms with E-state index in [0.717, 1.165) is 16.3 Å². The van der Waals surface area contributed by atoms with E-state index in [0.29, 0.717) is 34.9 Å². The number of halogens is 2. The lowest BCUT2D eigenvalue weighted by Gasteiger charge is -2.05. The Bertz CT molecular complexity index is 756. The number of nitrogens with zero attached hydrogens (tertiary/aromatic N) is 4. The van der Waals surface area contributed by atoms with Crippen molar-refractivity contribution < 1.29 is 13.3 Å². The molecular formula is C13H12F2N4OS. The quantitative estimate of drug-likeness (QED) is 0.673. The van der Waals surface area contributed by atoms with Crippen LogP contribution in [0.3, 0.4) is 0 Å². The fraction of sp³-hybridized carbons (Fsp3) is 0.308. The summed E-state index contributed by atoms with van der Waals surface area (Å²) < 4.78 is 32.4. The van der Waals surface area contributed by atoms with Crippen molar-refractivity contribution in [3.63, 3.8) is 0 Å². The van der Waals surface area contributed by atoms with Gasteiger partial charge >= 0.3 is 6.55 Å². The van der Waals surface area contributed by atoms with Gasteiger partial charge in [-0.1, -0.05) is 36.0 Å². The largest absolute Gasteiger partial charge is 0.338 e. The van der Waals surface area contributed by atoms with Gasteiger partial charge in [-0.2, -0.15) is 13.8 Å². The van der Waals surface area contributed by atoms with Crippen LogP contribution in [-0.2, 0) is 12.2 Å². The van der Waals surface area contributed by atoms with E-state index in [2.05, 4.69) is 15.1 Å². The van der Waals surface area contributed by atoms with Gasteiger partial charge in [0.2, 0.25) is 5.89 Å². The second kappa shape index (κ2) is 5.80. The Hall–Kier alpha value is -1.96. The van der Waals surface area contributed by atoms with Crippen molar-refractivity contribution in [2.75, 3.05) is 0 Å². The standard InChI is InChI=1S/C13H12F2N4OS/c1-2-10-17-11(20-18-10)7-21-13-16-8-5-3-4-6-9(8)19(13)12(14)15/h3-6,12H,2,7H2,1H3. The van der Waals surface area contributed by atoms with Crippen molar-refractivity contribution in [2.45, 2.75) is 30.8 Å². The molecule has 8 heteroatoms. The van der Waals surface area contributed by atoms with Crippen molar-refractivity contribution in [3.05, 3.63) is 36.0 Å². The Morgan fingerprint density at radius 2 is 2.10 bits per heavy atom. The van der Waals surface area contributed by atoms with Crippen LogP contribution in [0, 0.1) is 0 Å². The third-order valence-corrected chi connectivity index (χ3v) is 3.85. The molecule has 0 fully saturated rings. The van der Waals surface area contributed by atoms with Crippen molar-refractivity contribution in [1.29, 1.82) is 0 Å². The second-order valence-corrected chi connectivity index (χ2v) is 5.22. The number of fused-ring (bicyclic) bond motifs is 1. The number of aryl methyl sites for hydroxylation is 1. The average molecular weight is 310 g/mol. The van der Waals surface area contributed by atoms with Gasteiger partial charge in [0.25, 0.3) is 0 Å². The smallest absolute Gasteiger partial charge is 0.321 e. The van der Waals surface area contributed by atoms with Crippen LogP contribution < -0.4 is 0 Å². The van der Waals surface area contributed by atoms with Crippen LogP contribution in [0.4, 0.5) is 8.78 Å². The van der Waals surface area contributed by atoms with Crippen molar-refractivity contribution in [1.82, 2.24) is 19.7 Å². The lowest BCUT2D eigenvalue weighted by atomic mass is 10.3. The number of imidazole rings is 1. The maximum atomic E-state index is 13.2. The number of alkyl halides is 2. The van der Waals surface area contributed by atoms with Crippen molar-refractivity contribution >= 4 is 22.8 Å². The molecule has 1 aromatic carbocycles. The van der Waals surface area contributed by atoms with E-state index in [9.17, 15) is 8.78 Å². The molecule has 0 aliphatic carbocycles. The molecule has 2 heterocycles. The summed E-state index contributed by atoms with van der Waals surface area (Å²) in [5.74, 6) is 1.32. The fourth-order valence-corrected chi connectivity index (χ4v) is 2.78. The minimum Gasteiger partial charge on any atom is -0.338 e. The molecule has 110 valence electrons. The Kier molecular flexibility index (Phi) is 3.87. The van der Waals surface area contributed by atoms with E-state index in [1.54, 1.807) is 24.3 Å². The van der Waals surface area contributed by atoms with Gasteiger partial charge in [-0.25, -0.2) is 4.98 Å². The van der Waals surface area contributed by atoms with Gasteiger partial charge < -0.3 is 4.52 Å². The summed E-state index contributed by atoms with van der Waals surface area (Å²) in [7, 11) is 0. The van der Waals surface area contributed by atoms with Crippen LogP contribution in [-0.4, -0.2) is 19.7 Å². The zero-order valence-corrected chi connectivity index (χ0v) is 12.0. The number of hydrogen-bond donors (Lipinski definition) is 0.